The Balaban J connectivity index is 2.08. The van der Waals surface area contributed by atoms with Crippen LogP contribution < -0.4 is 0 Å². The molecule has 0 fully saturated rings. The van der Waals surface area contributed by atoms with E-state index in [1.807, 2.05) is 24.3 Å². The van der Waals surface area contributed by atoms with Crippen molar-refractivity contribution < 1.29 is 4.39 Å². The van der Waals surface area contributed by atoms with E-state index in [1.165, 1.54) is 11.6 Å². The van der Waals surface area contributed by atoms with Crippen LogP contribution in [0.25, 0.3) is 0 Å². The molecule has 0 amide bonds. The third-order valence-corrected chi connectivity index (χ3v) is 3.79. The average Bonchev–Trinajstić information content (AvgIpc) is 2.39. The van der Waals surface area contributed by atoms with Gasteiger partial charge in [0.25, 0.3) is 0 Å². The highest BCUT2D eigenvalue weighted by Crippen LogP contribution is 2.17. The maximum absolute atomic E-state index is 13.4. The van der Waals surface area contributed by atoms with Crippen LogP contribution in [0.3, 0.4) is 0 Å². The Morgan fingerprint density at radius 1 is 0.950 bits per heavy atom. The monoisotopic (exact) mass is 399 g/mol. The van der Waals surface area contributed by atoms with Gasteiger partial charge in [-0.15, -0.1) is 0 Å². The molecule has 4 heteroatoms. The number of rotatable bonds is 6. The zero-order chi connectivity index (χ0) is 14.4. The van der Waals surface area contributed by atoms with Gasteiger partial charge in [0.05, 0.1) is 0 Å². The molecule has 0 N–H and O–H groups in total. The Hall–Kier alpha value is -0.710. The first-order valence-corrected chi connectivity index (χ1v) is 8.36. The van der Waals surface area contributed by atoms with E-state index in [2.05, 4.69) is 48.9 Å². The van der Waals surface area contributed by atoms with Crippen molar-refractivity contribution in [3.8, 4) is 0 Å². The first-order valence-electron chi connectivity index (χ1n) is 6.44. The number of hydrogen-bond donors (Lipinski definition) is 0. The molecule has 0 saturated carbocycles. The SMILES string of the molecule is Fc1cc(Br)cc(CN(CCBr)Cc2ccccc2)c1. The molecule has 2 rings (SSSR count). The van der Waals surface area contributed by atoms with Gasteiger partial charge in [-0.05, 0) is 29.3 Å². The van der Waals surface area contributed by atoms with E-state index < -0.39 is 0 Å². The van der Waals surface area contributed by atoms with Crippen LogP contribution in [0.4, 0.5) is 4.39 Å². The number of nitrogens with zero attached hydrogens (tertiary/aromatic N) is 1. The van der Waals surface area contributed by atoms with Crippen LogP contribution in [0.15, 0.2) is 53.0 Å². The minimum Gasteiger partial charge on any atom is -0.294 e. The van der Waals surface area contributed by atoms with Crippen molar-refractivity contribution in [1.82, 2.24) is 4.90 Å². The Morgan fingerprint density at radius 3 is 2.30 bits per heavy atom. The standard InChI is InChI=1S/C16H16Br2FN/c17-6-7-20(11-13-4-2-1-3-5-13)12-14-8-15(18)10-16(19)9-14/h1-5,8-10H,6-7,11-12H2. The van der Waals surface area contributed by atoms with Crippen LogP contribution in [0.5, 0.6) is 0 Å². The van der Waals surface area contributed by atoms with E-state index in [0.717, 1.165) is 35.0 Å². The van der Waals surface area contributed by atoms with Gasteiger partial charge in [-0.3, -0.25) is 4.90 Å². The van der Waals surface area contributed by atoms with E-state index in [4.69, 9.17) is 0 Å². The topological polar surface area (TPSA) is 3.24 Å². The van der Waals surface area contributed by atoms with Crippen LogP contribution in [0, 0.1) is 5.82 Å². The smallest absolute Gasteiger partial charge is 0.124 e. The molecule has 2 aromatic rings. The molecule has 20 heavy (non-hydrogen) atoms. The first kappa shape index (κ1) is 15.7. The molecule has 0 atom stereocenters. The van der Waals surface area contributed by atoms with Gasteiger partial charge in [-0.25, -0.2) is 4.39 Å². The van der Waals surface area contributed by atoms with E-state index in [1.54, 1.807) is 6.07 Å². The third kappa shape index (κ3) is 5.00. The molecular formula is C16H16Br2FN. The highest BCUT2D eigenvalue weighted by atomic mass is 79.9. The van der Waals surface area contributed by atoms with Gasteiger partial charge >= 0.3 is 0 Å². The normalized spacial score (nSPS) is 11.0. The summed E-state index contributed by atoms with van der Waals surface area (Å²) in [4.78, 5) is 2.30. The molecule has 1 nitrogen and oxygen atoms in total. The molecule has 0 spiro atoms. The van der Waals surface area contributed by atoms with Gasteiger partial charge in [0.15, 0.2) is 0 Å². The summed E-state index contributed by atoms with van der Waals surface area (Å²) in [7, 11) is 0. The molecule has 0 aliphatic rings. The molecule has 0 aromatic heterocycles. The van der Waals surface area contributed by atoms with Gasteiger partial charge < -0.3 is 0 Å². The lowest BCUT2D eigenvalue weighted by atomic mass is 10.1. The Morgan fingerprint density at radius 2 is 1.65 bits per heavy atom. The number of halogens is 3. The third-order valence-electron chi connectivity index (χ3n) is 2.98. The molecule has 0 bridgehead atoms. The largest absolute Gasteiger partial charge is 0.294 e. The second kappa shape index (κ2) is 7.91. The lowest BCUT2D eigenvalue weighted by molar-refractivity contribution is 0.274. The second-order valence-corrected chi connectivity index (χ2v) is 6.37. The molecule has 0 heterocycles. The number of alkyl halides is 1. The van der Waals surface area contributed by atoms with Crippen molar-refractivity contribution in [2.24, 2.45) is 0 Å². The minimum atomic E-state index is -0.201. The minimum absolute atomic E-state index is 0.201. The van der Waals surface area contributed by atoms with Crippen LogP contribution >= 0.6 is 31.9 Å². The van der Waals surface area contributed by atoms with Crippen molar-refractivity contribution in [3.63, 3.8) is 0 Å². The van der Waals surface area contributed by atoms with E-state index in [0.29, 0.717) is 0 Å². The fourth-order valence-electron chi connectivity index (χ4n) is 2.14. The predicted octanol–water partition coefficient (Wildman–Crippen LogP) is 4.99. The highest BCUT2D eigenvalue weighted by Gasteiger charge is 2.08. The summed E-state index contributed by atoms with van der Waals surface area (Å²) in [6, 6.07) is 15.4. The first-order chi connectivity index (χ1) is 9.67. The molecule has 0 saturated heterocycles. The van der Waals surface area contributed by atoms with E-state index >= 15 is 0 Å². The van der Waals surface area contributed by atoms with Gasteiger partial charge in [0.1, 0.15) is 5.82 Å². The maximum atomic E-state index is 13.4. The van der Waals surface area contributed by atoms with Gasteiger partial charge in [0.2, 0.25) is 0 Å². The summed E-state index contributed by atoms with van der Waals surface area (Å²) in [5.74, 6) is -0.201. The van der Waals surface area contributed by atoms with E-state index in [9.17, 15) is 4.39 Å². The summed E-state index contributed by atoms with van der Waals surface area (Å²) >= 11 is 6.82. The van der Waals surface area contributed by atoms with Crippen LogP contribution in [-0.2, 0) is 13.1 Å². The van der Waals surface area contributed by atoms with Gasteiger partial charge in [-0.1, -0.05) is 62.2 Å². The highest BCUT2D eigenvalue weighted by molar-refractivity contribution is 9.10. The lowest BCUT2D eigenvalue weighted by Crippen LogP contribution is -2.24. The summed E-state index contributed by atoms with van der Waals surface area (Å²) in [6.07, 6.45) is 0. The molecule has 0 radical (unpaired) electrons. The summed E-state index contributed by atoms with van der Waals surface area (Å²) in [5.41, 5.74) is 2.25. The Kier molecular flexibility index (Phi) is 6.20. The van der Waals surface area contributed by atoms with Crippen molar-refractivity contribution in [3.05, 3.63) is 69.9 Å². The second-order valence-electron chi connectivity index (χ2n) is 4.66. The van der Waals surface area contributed by atoms with Crippen molar-refractivity contribution in [1.29, 1.82) is 0 Å². The summed E-state index contributed by atoms with van der Waals surface area (Å²) in [5, 5.41) is 0.899. The predicted molar refractivity (Wildman–Crippen MR) is 88.5 cm³/mol. The van der Waals surface area contributed by atoms with Crippen molar-refractivity contribution in [2.75, 3.05) is 11.9 Å². The molecular weight excluding hydrogens is 385 g/mol. The maximum Gasteiger partial charge on any atom is 0.124 e. The quantitative estimate of drug-likeness (QED) is 0.617. The summed E-state index contributed by atoms with van der Waals surface area (Å²) in [6.45, 7) is 2.51. The number of hydrogen-bond acceptors (Lipinski definition) is 1. The van der Waals surface area contributed by atoms with Crippen LogP contribution in [0.1, 0.15) is 11.1 Å². The lowest BCUT2D eigenvalue weighted by Gasteiger charge is -2.21. The zero-order valence-electron chi connectivity index (χ0n) is 11.0. The molecule has 0 aliphatic carbocycles. The molecule has 0 unspecified atom stereocenters. The average molecular weight is 401 g/mol. The molecule has 2 aromatic carbocycles. The van der Waals surface area contributed by atoms with Crippen molar-refractivity contribution >= 4 is 31.9 Å². The Labute approximate surface area is 136 Å². The van der Waals surface area contributed by atoms with Crippen LogP contribution in [0.2, 0.25) is 0 Å². The van der Waals surface area contributed by atoms with E-state index in [-0.39, 0.29) is 5.82 Å². The zero-order valence-corrected chi connectivity index (χ0v) is 14.2. The summed E-state index contributed by atoms with van der Waals surface area (Å²) < 4.78 is 14.2. The molecule has 106 valence electrons. The van der Waals surface area contributed by atoms with Crippen LogP contribution in [-0.4, -0.2) is 16.8 Å². The fourth-order valence-corrected chi connectivity index (χ4v) is 3.15. The fraction of sp³-hybridized carbons (Fsp3) is 0.250. The molecule has 0 aliphatic heterocycles. The van der Waals surface area contributed by atoms with Gasteiger partial charge in [0, 0.05) is 29.4 Å². The Bertz CT molecular complexity index is 525. The number of benzene rings is 2. The van der Waals surface area contributed by atoms with Gasteiger partial charge in [-0.2, -0.15) is 0 Å². The van der Waals surface area contributed by atoms with Crippen molar-refractivity contribution in [2.45, 2.75) is 13.1 Å².